The highest BCUT2D eigenvalue weighted by molar-refractivity contribution is 7.89. The molecule has 1 aromatic rings. The average molecular weight is 417 g/mol. The van der Waals surface area contributed by atoms with Gasteiger partial charge in [0.2, 0.25) is 21.8 Å². The summed E-state index contributed by atoms with van der Waals surface area (Å²) < 4.78 is 27.0. The summed E-state index contributed by atoms with van der Waals surface area (Å²) in [6.07, 6.45) is 8.26. The number of nitrogens with zero attached hydrogens (tertiary/aromatic N) is 3. The summed E-state index contributed by atoms with van der Waals surface area (Å²) in [6.45, 7) is 0.588. The first-order chi connectivity index (χ1) is 13.9. The van der Waals surface area contributed by atoms with E-state index in [1.165, 1.54) is 12.1 Å². The lowest BCUT2D eigenvalue weighted by Crippen LogP contribution is -2.38. The predicted octanol–water partition coefficient (Wildman–Crippen LogP) is 1.17. The van der Waals surface area contributed by atoms with Crippen LogP contribution in [0.25, 0.3) is 0 Å². The third-order valence-corrected chi connectivity index (χ3v) is 6.27. The molecular formula is C19H23N5O4S. The van der Waals surface area contributed by atoms with Crippen molar-refractivity contribution in [3.8, 4) is 12.3 Å². The molecule has 2 N–H and O–H groups in total. The van der Waals surface area contributed by atoms with Crippen molar-refractivity contribution < 1.29 is 18.0 Å². The molecule has 2 heterocycles. The van der Waals surface area contributed by atoms with Gasteiger partial charge in [0.25, 0.3) is 0 Å². The number of rotatable bonds is 10. The Kier molecular flexibility index (Phi) is 6.30. The summed E-state index contributed by atoms with van der Waals surface area (Å²) in [7, 11) is -3.84. The molecule has 1 fully saturated rings. The van der Waals surface area contributed by atoms with Crippen molar-refractivity contribution in [1.29, 1.82) is 0 Å². The van der Waals surface area contributed by atoms with E-state index < -0.39 is 21.6 Å². The first kappa shape index (κ1) is 21.0. The molecule has 1 saturated heterocycles. The molecule has 0 atom stereocenters. The van der Waals surface area contributed by atoms with Gasteiger partial charge in [0.15, 0.2) is 5.66 Å². The van der Waals surface area contributed by atoms with Crippen molar-refractivity contribution in [3.05, 3.63) is 24.3 Å². The van der Waals surface area contributed by atoms with Crippen LogP contribution < -0.4 is 14.9 Å². The molecule has 2 aliphatic heterocycles. The molecule has 0 saturated carbocycles. The molecule has 10 heteroatoms. The van der Waals surface area contributed by atoms with Gasteiger partial charge in [-0.2, -0.15) is 10.2 Å². The van der Waals surface area contributed by atoms with Crippen LogP contribution in [0.1, 0.15) is 32.1 Å². The van der Waals surface area contributed by atoms with Crippen LogP contribution in [-0.2, 0) is 19.6 Å². The minimum atomic E-state index is -3.84. The number of hydrogen-bond donors (Lipinski definition) is 2. The molecule has 2 amide bonds. The fourth-order valence-corrected chi connectivity index (χ4v) is 4.09. The fourth-order valence-electron chi connectivity index (χ4n) is 3.10. The van der Waals surface area contributed by atoms with Crippen molar-refractivity contribution in [2.24, 2.45) is 10.2 Å². The molecule has 9 nitrogen and oxygen atoms in total. The van der Waals surface area contributed by atoms with Crippen molar-refractivity contribution in [3.63, 3.8) is 0 Å². The summed E-state index contributed by atoms with van der Waals surface area (Å²) in [5.74, 6) is 2.12. The lowest BCUT2D eigenvalue weighted by Gasteiger charge is -2.16. The number of benzene rings is 1. The second-order valence-electron chi connectivity index (χ2n) is 6.95. The molecule has 154 valence electrons. The Hall–Kier alpha value is -2.77. The van der Waals surface area contributed by atoms with Gasteiger partial charge >= 0.3 is 0 Å². The Balaban J connectivity index is 1.45. The topological polar surface area (TPSA) is 120 Å². The van der Waals surface area contributed by atoms with Crippen LogP contribution in [0.2, 0.25) is 0 Å². The van der Waals surface area contributed by atoms with E-state index >= 15 is 0 Å². The molecular weight excluding hydrogens is 394 g/mol. The maximum Gasteiger partial charge on any atom is 0.241 e. The van der Waals surface area contributed by atoms with E-state index in [0.29, 0.717) is 44.5 Å². The van der Waals surface area contributed by atoms with Gasteiger partial charge in [-0.1, -0.05) is 0 Å². The molecule has 0 aromatic heterocycles. The molecule has 29 heavy (non-hydrogen) atoms. The van der Waals surface area contributed by atoms with Gasteiger partial charge < -0.3 is 10.2 Å². The zero-order valence-corrected chi connectivity index (χ0v) is 16.7. The summed E-state index contributed by atoms with van der Waals surface area (Å²) in [5, 5.41) is 10.6. The van der Waals surface area contributed by atoms with E-state index in [1.54, 1.807) is 17.0 Å². The lowest BCUT2D eigenvalue weighted by atomic mass is 10.0. The Morgan fingerprint density at radius 3 is 2.55 bits per heavy atom. The Labute approximate surface area is 170 Å². The second kappa shape index (κ2) is 8.71. The SMILES string of the molecule is C#CCCC1(CCNC(=O)CNS(=O)(=O)c2ccc(N3CCCC3=O)cc2)N=N1. The normalized spacial score (nSPS) is 17.2. The van der Waals surface area contributed by atoms with E-state index in [2.05, 4.69) is 26.2 Å². The first-order valence-corrected chi connectivity index (χ1v) is 10.9. The molecule has 0 aliphatic carbocycles. The van der Waals surface area contributed by atoms with E-state index in [-0.39, 0.29) is 17.3 Å². The lowest BCUT2D eigenvalue weighted by molar-refractivity contribution is -0.120. The zero-order chi connectivity index (χ0) is 20.9. The van der Waals surface area contributed by atoms with E-state index in [1.807, 2.05) is 0 Å². The van der Waals surface area contributed by atoms with E-state index in [0.717, 1.165) is 6.42 Å². The van der Waals surface area contributed by atoms with Crippen LogP contribution in [0, 0.1) is 12.3 Å². The van der Waals surface area contributed by atoms with Gasteiger partial charge in [-0.05, 0) is 30.7 Å². The summed E-state index contributed by atoms with van der Waals surface area (Å²) in [4.78, 5) is 25.4. The van der Waals surface area contributed by atoms with Crippen LogP contribution in [0.4, 0.5) is 5.69 Å². The van der Waals surface area contributed by atoms with Gasteiger partial charge in [0.05, 0.1) is 11.4 Å². The first-order valence-electron chi connectivity index (χ1n) is 9.40. The molecule has 0 spiro atoms. The Morgan fingerprint density at radius 2 is 1.97 bits per heavy atom. The number of nitrogens with one attached hydrogen (secondary N) is 2. The van der Waals surface area contributed by atoms with Crippen molar-refractivity contribution in [2.45, 2.75) is 42.7 Å². The predicted molar refractivity (Wildman–Crippen MR) is 106 cm³/mol. The molecule has 0 unspecified atom stereocenters. The average Bonchev–Trinajstić information content (AvgIpc) is 3.35. The van der Waals surface area contributed by atoms with Crippen LogP contribution in [-0.4, -0.2) is 45.5 Å². The molecule has 3 rings (SSSR count). The quantitative estimate of drug-likeness (QED) is 0.555. The van der Waals surface area contributed by atoms with Gasteiger partial charge in [0.1, 0.15) is 0 Å². The smallest absolute Gasteiger partial charge is 0.241 e. The van der Waals surface area contributed by atoms with E-state index in [4.69, 9.17) is 6.42 Å². The van der Waals surface area contributed by atoms with Crippen molar-refractivity contribution in [2.75, 3.05) is 24.5 Å². The summed E-state index contributed by atoms with van der Waals surface area (Å²) in [6, 6.07) is 6.03. The standard InChI is InChI=1S/C19H23N5O4S/c1-2-3-10-19(22-23-19)11-12-20-17(25)14-21-29(27,28)16-8-6-15(7-9-16)24-13-4-5-18(24)26/h1,6-9,21H,3-5,10-14H2,(H,20,25). The van der Waals surface area contributed by atoms with Crippen molar-refractivity contribution in [1.82, 2.24) is 10.0 Å². The number of hydrogen-bond acceptors (Lipinski definition) is 6. The number of carbonyl (C=O) groups excluding carboxylic acids is 2. The highest BCUT2D eigenvalue weighted by Crippen LogP contribution is 2.36. The number of anilines is 1. The van der Waals surface area contributed by atoms with Crippen LogP contribution in [0.15, 0.2) is 39.4 Å². The van der Waals surface area contributed by atoms with Crippen LogP contribution >= 0.6 is 0 Å². The summed E-state index contributed by atoms with van der Waals surface area (Å²) in [5.41, 5.74) is 0.177. The van der Waals surface area contributed by atoms with E-state index in [9.17, 15) is 18.0 Å². The largest absolute Gasteiger partial charge is 0.355 e. The van der Waals surface area contributed by atoms with Crippen molar-refractivity contribution >= 4 is 27.5 Å². The minimum Gasteiger partial charge on any atom is -0.355 e. The highest BCUT2D eigenvalue weighted by atomic mass is 32.2. The highest BCUT2D eigenvalue weighted by Gasteiger charge is 2.38. The zero-order valence-electron chi connectivity index (χ0n) is 15.9. The number of carbonyl (C=O) groups is 2. The molecule has 2 aliphatic rings. The number of amides is 2. The summed E-state index contributed by atoms with van der Waals surface area (Å²) >= 11 is 0. The van der Waals surface area contributed by atoms with Gasteiger partial charge in [-0.3, -0.25) is 9.59 Å². The number of terminal acetylenes is 1. The Morgan fingerprint density at radius 1 is 1.24 bits per heavy atom. The molecule has 1 aromatic carbocycles. The monoisotopic (exact) mass is 417 g/mol. The number of sulfonamides is 1. The fraction of sp³-hybridized carbons (Fsp3) is 0.474. The maximum absolute atomic E-state index is 12.4. The van der Waals surface area contributed by atoms with Gasteiger partial charge in [-0.15, -0.1) is 12.3 Å². The van der Waals surface area contributed by atoms with Crippen LogP contribution in [0.3, 0.4) is 0 Å². The molecule has 0 bridgehead atoms. The van der Waals surface area contributed by atoms with Crippen LogP contribution in [0.5, 0.6) is 0 Å². The Bertz CT molecular complexity index is 944. The van der Waals surface area contributed by atoms with Gasteiger partial charge in [-0.25, -0.2) is 13.1 Å². The van der Waals surface area contributed by atoms with Gasteiger partial charge in [0, 0.05) is 44.5 Å². The maximum atomic E-state index is 12.4. The minimum absolute atomic E-state index is 0.0308. The second-order valence-corrected chi connectivity index (χ2v) is 8.72. The molecule has 0 radical (unpaired) electrons. The third kappa shape index (κ3) is 5.40. The third-order valence-electron chi connectivity index (χ3n) is 4.85.